The van der Waals surface area contributed by atoms with Gasteiger partial charge in [-0.2, -0.15) is 0 Å². The molecule has 0 spiro atoms. The Morgan fingerprint density at radius 2 is 0.889 bits per heavy atom. The predicted octanol–water partition coefficient (Wildman–Crippen LogP) is 16.0. The maximum atomic E-state index is 8.84. The van der Waals surface area contributed by atoms with Gasteiger partial charge in [0, 0.05) is 0 Å². The van der Waals surface area contributed by atoms with E-state index >= 15 is 0 Å². The van der Waals surface area contributed by atoms with Crippen LogP contribution in [0.25, 0.3) is 34.4 Å². The number of benzene rings is 4. The van der Waals surface area contributed by atoms with Crippen molar-refractivity contribution in [3.63, 3.8) is 0 Å². The first kappa shape index (κ1) is 38.9. The average molecular weight is 852 g/mol. The minimum atomic E-state index is -4.91. The molecule has 0 saturated heterocycles. The first-order valence-corrected chi connectivity index (χ1v) is 37.7. The fraction of sp³-hybridized carbons (Fsp3) is 0.440. The molecule has 2 atom stereocenters. The summed E-state index contributed by atoms with van der Waals surface area (Å²) in [6.07, 6.45) is 18.6. The van der Waals surface area contributed by atoms with Gasteiger partial charge in [-0.05, 0) is 0 Å². The summed E-state index contributed by atoms with van der Waals surface area (Å²) in [5.74, 6) is 0.457. The van der Waals surface area contributed by atoms with E-state index in [4.69, 9.17) is 17.0 Å². The van der Waals surface area contributed by atoms with Crippen molar-refractivity contribution in [2.24, 2.45) is 11.8 Å². The molecule has 4 aliphatic rings. The van der Waals surface area contributed by atoms with Crippen LogP contribution in [0.3, 0.4) is 0 Å². The molecule has 0 aromatic heterocycles. The van der Waals surface area contributed by atoms with E-state index in [0.29, 0.717) is 23.7 Å². The molecule has 0 radical (unpaired) electrons. The molecule has 0 nitrogen and oxygen atoms in total. The molecule has 0 N–H and O–H groups in total. The number of hydrogen-bond acceptors (Lipinski definition) is 0. The van der Waals surface area contributed by atoms with Crippen LogP contribution in [0.4, 0.5) is 0 Å². The van der Waals surface area contributed by atoms with E-state index in [2.05, 4.69) is 138 Å². The van der Waals surface area contributed by atoms with Crippen LogP contribution in [0.2, 0.25) is 13.1 Å². The summed E-state index contributed by atoms with van der Waals surface area (Å²) in [5, 5.41) is 0. The van der Waals surface area contributed by atoms with E-state index in [0.717, 1.165) is 0 Å². The molecule has 54 heavy (non-hydrogen) atoms. The molecule has 0 bridgehead atoms. The van der Waals surface area contributed by atoms with Crippen molar-refractivity contribution in [2.45, 2.75) is 124 Å². The summed E-state index contributed by atoms with van der Waals surface area (Å²) < 4.78 is 0.184. The fourth-order valence-electron chi connectivity index (χ4n) is 11.2. The molecule has 4 aliphatic carbocycles. The van der Waals surface area contributed by atoms with Gasteiger partial charge in [0.2, 0.25) is 0 Å². The zero-order chi connectivity index (χ0) is 37.8. The molecule has 8 rings (SSSR count). The van der Waals surface area contributed by atoms with Crippen LogP contribution in [0, 0.1) is 11.8 Å². The Kier molecular flexibility index (Phi) is 11.1. The summed E-state index contributed by atoms with van der Waals surface area (Å²) in [4.78, 5) is 0. The molecule has 4 aromatic carbocycles. The topological polar surface area (TPSA) is 0 Å². The van der Waals surface area contributed by atoms with Gasteiger partial charge in [0.15, 0.2) is 0 Å². The van der Waals surface area contributed by atoms with Crippen molar-refractivity contribution in [1.29, 1.82) is 0 Å². The van der Waals surface area contributed by atoms with Crippen LogP contribution < -0.4 is 0 Å². The van der Waals surface area contributed by atoms with Crippen molar-refractivity contribution >= 4 is 35.1 Å². The third-order valence-corrected chi connectivity index (χ3v) is 66.0. The number of halogens is 2. The van der Waals surface area contributed by atoms with Crippen molar-refractivity contribution in [2.75, 3.05) is 0 Å². The van der Waals surface area contributed by atoms with Gasteiger partial charge < -0.3 is 0 Å². The standard InChI is InChI=1S/2C24H27.C2H7Si.2ClH.Zr/c2*1-17(2)22-15-21-9-6-10-23(24(21)16-22)20-13-11-19(12-14-20)18-7-4-3-5-8-18;1-3-2;;;/h2*6,9-18H,3-5,7-8H2,1-2H3;3H,1-2H3;2*1H;/q;;;;;+2/p-2. The van der Waals surface area contributed by atoms with E-state index in [9.17, 15) is 0 Å². The van der Waals surface area contributed by atoms with Crippen molar-refractivity contribution < 1.29 is 15.6 Å². The summed E-state index contributed by atoms with van der Waals surface area (Å²) in [6.45, 7) is 14.4. The number of fused-ring (bicyclic) bond motifs is 2. The molecule has 4 heteroatoms. The van der Waals surface area contributed by atoms with Gasteiger partial charge in [0.25, 0.3) is 0 Å². The molecular formula is C50H61Cl2SiZr. The summed E-state index contributed by atoms with van der Waals surface area (Å²) in [7, 11) is 17.7. The Morgan fingerprint density at radius 3 is 1.22 bits per heavy atom. The van der Waals surface area contributed by atoms with Crippen molar-refractivity contribution in [1.82, 2.24) is 0 Å². The second-order valence-electron chi connectivity index (χ2n) is 18.4. The summed E-state index contributed by atoms with van der Waals surface area (Å²) in [6, 6.07) is 33.2. The summed E-state index contributed by atoms with van der Waals surface area (Å²) in [5.41, 5.74) is 16.7. The van der Waals surface area contributed by atoms with E-state index in [1.807, 2.05) is 0 Å². The molecule has 0 heterocycles. The van der Waals surface area contributed by atoms with Crippen LogP contribution in [-0.4, -0.2) is 5.92 Å². The van der Waals surface area contributed by atoms with Crippen LogP contribution in [0.15, 0.2) is 96.1 Å². The van der Waals surface area contributed by atoms with E-state index in [1.54, 1.807) is 0 Å². The van der Waals surface area contributed by atoms with Crippen LogP contribution >= 0.6 is 17.0 Å². The quantitative estimate of drug-likeness (QED) is 0.147. The number of allylic oxidation sites excluding steroid dienone is 2. The molecule has 0 amide bonds. The normalized spacial score (nSPS) is 21.6. The van der Waals surface area contributed by atoms with Gasteiger partial charge in [-0.25, -0.2) is 0 Å². The first-order chi connectivity index (χ1) is 26.0. The van der Waals surface area contributed by atoms with Gasteiger partial charge in [-0.3, -0.25) is 0 Å². The predicted molar refractivity (Wildman–Crippen MR) is 237 cm³/mol. The van der Waals surface area contributed by atoms with Crippen LogP contribution in [-0.2, 0) is 15.6 Å². The average Bonchev–Trinajstić information content (AvgIpc) is 3.81. The zero-order valence-corrected chi connectivity index (χ0v) is 38.7. The molecule has 2 fully saturated rings. The summed E-state index contributed by atoms with van der Waals surface area (Å²) >= 11 is -4.91. The number of hydrogen-bond donors (Lipinski definition) is 0. The molecule has 2 saturated carbocycles. The monoisotopic (exact) mass is 849 g/mol. The minimum absolute atomic E-state index is 0.0921. The van der Waals surface area contributed by atoms with Gasteiger partial charge in [-0.15, -0.1) is 0 Å². The second kappa shape index (κ2) is 15.4. The van der Waals surface area contributed by atoms with Gasteiger partial charge in [0.05, 0.1) is 0 Å². The molecule has 2 unspecified atom stereocenters. The fourth-order valence-corrected chi connectivity index (χ4v) is 42.6. The zero-order valence-electron chi connectivity index (χ0n) is 33.6. The molecule has 283 valence electrons. The maximum absolute atomic E-state index is 8.84. The van der Waals surface area contributed by atoms with Gasteiger partial charge in [-0.1, -0.05) is 0 Å². The van der Waals surface area contributed by atoms with E-state index in [1.165, 1.54) is 131 Å². The second-order valence-corrected chi connectivity index (χ2v) is 60.9. The molecule has 0 aliphatic heterocycles. The first-order valence-electron chi connectivity index (χ1n) is 21.4. The Hall–Kier alpha value is -1.96. The van der Waals surface area contributed by atoms with Crippen molar-refractivity contribution in [3.8, 4) is 22.3 Å². The Morgan fingerprint density at radius 1 is 0.519 bits per heavy atom. The van der Waals surface area contributed by atoms with E-state index in [-0.39, 0.29) is 7.25 Å². The Labute approximate surface area is 335 Å². The third kappa shape index (κ3) is 6.70. The van der Waals surface area contributed by atoms with Gasteiger partial charge >= 0.3 is 338 Å². The van der Waals surface area contributed by atoms with Gasteiger partial charge in [0.1, 0.15) is 0 Å². The van der Waals surface area contributed by atoms with Crippen LogP contribution in [0.1, 0.15) is 144 Å². The Balaban J connectivity index is 1.23. The molecular weight excluding hydrogens is 791 g/mol. The van der Waals surface area contributed by atoms with Crippen molar-refractivity contribution in [3.05, 3.63) is 129 Å². The molecule has 4 aromatic rings. The Bertz CT molecular complexity index is 1910. The SMILES string of the molecule is CC(C)C1=Cc2c(-c3ccc(C4CCCCC4)cc3)cccc2[CH]1[Zr]([Cl])([Cl])([CH]1C(C(C)C)=Cc2c(-c3ccc(C4CCCCC4)cc3)cccc21)[SiH](C)C. The van der Waals surface area contributed by atoms with Crippen LogP contribution in [0.5, 0.6) is 0 Å². The number of rotatable bonds is 9. The third-order valence-electron chi connectivity index (χ3n) is 14.3. The van der Waals surface area contributed by atoms with E-state index < -0.39 is 21.5 Å².